The molecule has 1 aromatic carbocycles. The van der Waals surface area contributed by atoms with Gasteiger partial charge in [-0.1, -0.05) is 33.8 Å². The third kappa shape index (κ3) is 3.97. The summed E-state index contributed by atoms with van der Waals surface area (Å²) in [4.78, 5) is 12.0. The fourth-order valence-corrected chi connectivity index (χ4v) is 2.17. The van der Waals surface area contributed by atoms with Crippen LogP contribution in [0.4, 0.5) is 0 Å². The van der Waals surface area contributed by atoms with Gasteiger partial charge in [-0.2, -0.15) is 0 Å². The molecule has 0 aliphatic rings. The summed E-state index contributed by atoms with van der Waals surface area (Å²) in [7, 11) is 0. The summed E-state index contributed by atoms with van der Waals surface area (Å²) >= 11 is 0. The molecule has 0 heterocycles. The standard InChI is InChI=1S/C16H25NO3/c1-10(2)14(19)16(4,5)9-17-15(20)12-7-6-11(3)13(18)8-12/h6-8,10,14,18-19H,9H2,1-5H3,(H,17,20). The van der Waals surface area contributed by atoms with Crippen LogP contribution >= 0.6 is 0 Å². The lowest BCUT2D eigenvalue weighted by Gasteiger charge is -2.33. The Morgan fingerprint density at radius 2 is 1.95 bits per heavy atom. The minimum atomic E-state index is -0.491. The maximum atomic E-state index is 12.0. The van der Waals surface area contributed by atoms with E-state index in [-0.39, 0.29) is 17.6 Å². The molecular formula is C16H25NO3. The SMILES string of the molecule is Cc1ccc(C(=O)NCC(C)(C)C(O)C(C)C)cc1O. The first kappa shape index (κ1) is 16.5. The van der Waals surface area contributed by atoms with Gasteiger partial charge < -0.3 is 15.5 Å². The molecule has 0 saturated heterocycles. The highest BCUT2D eigenvalue weighted by Crippen LogP contribution is 2.25. The molecule has 1 amide bonds. The summed E-state index contributed by atoms with van der Waals surface area (Å²) in [6, 6.07) is 4.84. The Hall–Kier alpha value is -1.55. The zero-order chi connectivity index (χ0) is 15.5. The average Bonchev–Trinajstić information content (AvgIpc) is 2.38. The number of benzene rings is 1. The highest BCUT2D eigenvalue weighted by molar-refractivity contribution is 5.94. The quantitative estimate of drug-likeness (QED) is 0.775. The van der Waals surface area contributed by atoms with Gasteiger partial charge in [-0.05, 0) is 30.5 Å². The van der Waals surface area contributed by atoms with Gasteiger partial charge in [0.25, 0.3) is 5.91 Å². The summed E-state index contributed by atoms with van der Waals surface area (Å²) < 4.78 is 0. The number of carbonyl (C=O) groups excluding carboxylic acids is 1. The van der Waals surface area contributed by atoms with Crippen LogP contribution in [0.5, 0.6) is 5.75 Å². The number of rotatable bonds is 5. The Balaban J connectivity index is 2.69. The minimum Gasteiger partial charge on any atom is -0.508 e. The molecule has 0 saturated carbocycles. The third-order valence-corrected chi connectivity index (χ3v) is 3.61. The lowest BCUT2D eigenvalue weighted by molar-refractivity contribution is 0.0138. The van der Waals surface area contributed by atoms with Crippen LogP contribution in [0.25, 0.3) is 0 Å². The van der Waals surface area contributed by atoms with Gasteiger partial charge in [0.2, 0.25) is 0 Å². The van der Waals surface area contributed by atoms with Crippen molar-refractivity contribution in [1.82, 2.24) is 5.32 Å². The monoisotopic (exact) mass is 279 g/mol. The van der Waals surface area contributed by atoms with Crippen LogP contribution in [0.15, 0.2) is 18.2 Å². The van der Waals surface area contributed by atoms with Crippen molar-refractivity contribution >= 4 is 5.91 Å². The van der Waals surface area contributed by atoms with Crippen molar-refractivity contribution in [2.75, 3.05) is 6.54 Å². The predicted octanol–water partition coefficient (Wildman–Crippen LogP) is 2.47. The van der Waals surface area contributed by atoms with Gasteiger partial charge >= 0.3 is 0 Å². The van der Waals surface area contributed by atoms with Crippen molar-refractivity contribution in [2.24, 2.45) is 11.3 Å². The Kier molecular flexibility index (Phi) is 5.17. The van der Waals surface area contributed by atoms with Crippen LogP contribution in [-0.4, -0.2) is 28.8 Å². The third-order valence-electron chi connectivity index (χ3n) is 3.61. The summed E-state index contributed by atoms with van der Waals surface area (Å²) in [6.07, 6.45) is -0.491. The van der Waals surface area contributed by atoms with Gasteiger partial charge in [0.1, 0.15) is 5.75 Å². The molecule has 0 spiro atoms. The molecule has 20 heavy (non-hydrogen) atoms. The minimum absolute atomic E-state index is 0.110. The van der Waals surface area contributed by atoms with Crippen molar-refractivity contribution < 1.29 is 15.0 Å². The van der Waals surface area contributed by atoms with Crippen molar-refractivity contribution in [3.8, 4) is 5.75 Å². The molecule has 0 aromatic heterocycles. The number of aryl methyl sites for hydroxylation is 1. The maximum absolute atomic E-state index is 12.0. The van der Waals surface area contributed by atoms with Crippen LogP contribution in [-0.2, 0) is 0 Å². The first-order chi connectivity index (χ1) is 9.15. The number of aromatic hydroxyl groups is 1. The van der Waals surface area contributed by atoms with Gasteiger partial charge in [-0.3, -0.25) is 4.79 Å². The second kappa shape index (κ2) is 6.27. The molecule has 1 aromatic rings. The smallest absolute Gasteiger partial charge is 0.251 e. The molecule has 0 fully saturated rings. The molecule has 112 valence electrons. The van der Waals surface area contributed by atoms with E-state index < -0.39 is 11.5 Å². The Morgan fingerprint density at radius 3 is 2.45 bits per heavy atom. The predicted molar refractivity (Wildman–Crippen MR) is 79.8 cm³/mol. The molecule has 1 unspecified atom stereocenters. The molecule has 0 radical (unpaired) electrons. The largest absolute Gasteiger partial charge is 0.508 e. The number of aliphatic hydroxyl groups excluding tert-OH is 1. The van der Waals surface area contributed by atoms with Crippen molar-refractivity contribution in [2.45, 2.75) is 40.7 Å². The van der Waals surface area contributed by atoms with Crippen LogP contribution in [0.3, 0.4) is 0 Å². The van der Waals surface area contributed by atoms with Gasteiger partial charge in [0.05, 0.1) is 6.10 Å². The molecular weight excluding hydrogens is 254 g/mol. The van der Waals surface area contributed by atoms with Gasteiger partial charge in [-0.15, -0.1) is 0 Å². The van der Waals surface area contributed by atoms with E-state index in [4.69, 9.17) is 0 Å². The summed E-state index contributed by atoms with van der Waals surface area (Å²) in [5.74, 6) is -0.00576. The first-order valence-corrected chi connectivity index (χ1v) is 6.91. The summed E-state index contributed by atoms with van der Waals surface area (Å²) in [5, 5.41) is 22.6. The van der Waals surface area contributed by atoms with E-state index in [1.807, 2.05) is 27.7 Å². The van der Waals surface area contributed by atoms with Gasteiger partial charge in [0.15, 0.2) is 0 Å². The Labute approximate surface area is 120 Å². The van der Waals surface area contributed by atoms with E-state index in [0.717, 1.165) is 5.56 Å². The van der Waals surface area contributed by atoms with E-state index in [2.05, 4.69) is 5.32 Å². The number of nitrogens with one attached hydrogen (secondary N) is 1. The molecule has 0 aliphatic heterocycles. The average molecular weight is 279 g/mol. The highest BCUT2D eigenvalue weighted by Gasteiger charge is 2.30. The van der Waals surface area contributed by atoms with Crippen molar-refractivity contribution in [3.63, 3.8) is 0 Å². The Morgan fingerprint density at radius 1 is 1.35 bits per heavy atom. The number of hydrogen-bond donors (Lipinski definition) is 3. The number of aliphatic hydroxyl groups is 1. The number of hydrogen-bond acceptors (Lipinski definition) is 3. The molecule has 0 bridgehead atoms. The van der Waals surface area contributed by atoms with Crippen molar-refractivity contribution in [3.05, 3.63) is 29.3 Å². The molecule has 3 N–H and O–H groups in total. The number of amides is 1. The number of carbonyl (C=O) groups is 1. The zero-order valence-electron chi connectivity index (χ0n) is 12.9. The molecule has 0 aliphatic carbocycles. The van der Waals surface area contributed by atoms with Crippen LogP contribution in [0.1, 0.15) is 43.6 Å². The van der Waals surface area contributed by atoms with Gasteiger partial charge in [0, 0.05) is 17.5 Å². The molecule has 1 rings (SSSR count). The fraction of sp³-hybridized carbons (Fsp3) is 0.562. The molecule has 4 heteroatoms. The maximum Gasteiger partial charge on any atom is 0.251 e. The number of phenols is 1. The normalized spacial score (nSPS) is 13.3. The van der Waals surface area contributed by atoms with Crippen LogP contribution in [0.2, 0.25) is 0 Å². The second-order valence-electron chi connectivity index (χ2n) is 6.36. The van der Waals surface area contributed by atoms with Crippen molar-refractivity contribution in [1.29, 1.82) is 0 Å². The summed E-state index contributed by atoms with van der Waals surface area (Å²) in [5.41, 5.74) is 0.747. The van der Waals surface area contributed by atoms with Gasteiger partial charge in [-0.25, -0.2) is 0 Å². The Bertz CT molecular complexity index is 481. The van der Waals surface area contributed by atoms with E-state index >= 15 is 0 Å². The highest BCUT2D eigenvalue weighted by atomic mass is 16.3. The topological polar surface area (TPSA) is 69.6 Å². The van der Waals surface area contributed by atoms with E-state index in [0.29, 0.717) is 12.1 Å². The van der Waals surface area contributed by atoms with E-state index in [9.17, 15) is 15.0 Å². The molecule has 4 nitrogen and oxygen atoms in total. The first-order valence-electron chi connectivity index (χ1n) is 6.91. The lowest BCUT2D eigenvalue weighted by Crippen LogP contribution is -2.43. The summed E-state index contributed by atoms with van der Waals surface area (Å²) in [6.45, 7) is 9.90. The van der Waals surface area contributed by atoms with E-state index in [1.165, 1.54) is 6.07 Å². The number of phenolic OH excluding ortho intramolecular Hbond substituents is 1. The van der Waals surface area contributed by atoms with Crippen LogP contribution < -0.4 is 5.32 Å². The lowest BCUT2D eigenvalue weighted by atomic mass is 9.80. The molecule has 1 atom stereocenters. The second-order valence-corrected chi connectivity index (χ2v) is 6.36. The van der Waals surface area contributed by atoms with E-state index in [1.54, 1.807) is 19.1 Å². The van der Waals surface area contributed by atoms with Crippen LogP contribution in [0, 0.1) is 18.3 Å². The fourth-order valence-electron chi connectivity index (χ4n) is 2.17. The zero-order valence-corrected chi connectivity index (χ0v) is 12.9.